The van der Waals surface area contributed by atoms with Gasteiger partial charge in [-0.3, -0.25) is 0 Å². The van der Waals surface area contributed by atoms with Crippen LogP contribution >= 0.6 is 19.8 Å². The topological polar surface area (TPSA) is 12.9 Å². The Bertz CT molecular complexity index is 2030. The van der Waals surface area contributed by atoms with Crippen LogP contribution in [0.5, 0.6) is 0 Å². The van der Waals surface area contributed by atoms with E-state index in [9.17, 15) is 0 Å². The van der Waals surface area contributed by atoms with Crippen LogP contribution in [0.3, 0.4) is 0 Å². The fourth-order valence-electron chi connectivity index (χ4n) is 6.11. The van der Waals surface area contributed by atoms with Crippen molar-refractivity contribution in [2.45, 2.75) is 6.92 Å². The predicted octanol–water partition coefficient (Wildman–Crippen LogP) is 10.8. The fourth-order valence-corrected chi connectivity index (χ4v) is 8.65. The third-order valence-electron chi connectivity index (χ3n) is 7.93. The molecule has 0 saturated carbocycles. The zero-order valence-corrected chi connectivity index (χ0v) is 25.1. The second kappa shape index (κ2) is 10.2. The van der Waals surface area contributed by atoms with Gasteiger partial charge in [-0.25, -0.2) is 0 Å². The predicted molar refractivity (Wildman–Crippen MR) is 182 cm³/mol. The first-order valence-electron chi connectivity index (χ1n) is 13.6. The summed E-state index contributed by atoms with van der Waals surface area (Å²) in [6.07, 6.45) is 1.91. The molecule has 0 atom stereocenters. The molecule has 0 fully saturated rings. The molecule has 0 N–H and O–H groups in total. The van der Waals surface area contributed by atoms with Crippen LogP contribution in [0.2, 0.25) is 0 Å². The number of rotatable bonds is 4. The van der Waals surface area contributed by atoms with E-state index < -0.39 is 19.8 Å². The van der Waals surface area contributed by atoms with E-state index in [2.05, 4.69) is 132 Å². The van der Waals surface area contributed by atoms with Crippen molar-refractivity contribution in [1.82, 2.24) is 4.98 Å². The van der Waals surface area contributed by atoms with Crippen LogP contribution in [-0.4, -0.2) is 14.8 Å². The minimum atomic E-state index is -1.40. The molecule has 1 nitrogen and oxygen atoms in total. The van der Waals surface area contributed by atoms with Gasteiger partial charge in [0.05, 0.1) is 0 Å². The van der Waals surface area contributed by atoms with Crippen molar-refractivity contribution in [2.24, 2.45) is 0 Å². The summed E-state index contributed by atoms with van der Waals surface area (Å²) in [5.74, 6) is 0. The van der Waals surface area contributed by atoms with Crippen molar-refractivity contribution in [1.29, 1.82) is 0 Å². The van der Waals surface area contributed by atoms with Gasteiger partial charge in [-0.1, -0.05) is 0 Å². The Morgan fingerprint density at radius 2 is 1.12 bits per heavy atom. The molecule has 1 aromatic heterocycles. The van der Waals surface area contributed by atoms with Crippen LogP contribution in [0.4, 0.5) is 0 Å². The van der Waals surface area contributed by atoms with Gasteiger partial charge >= 0.3 is 244 Å². The van der Waals surface area contributed by atoms with Crippen LogP contribution in [0.15, 0.2) is 128 Å². The van der Waals surface area contributed by atoms with E-state index in [4.69, 9.17) is 4.98 Å². The molecule has 2 heteroatoms. The number of hydrogen-bond donors (Lipinski definition) is 0. The first-order valence-corrected chi connectivity index (χ1v) is 19.0. The second-order valence-electron chi connectivity index (χ2n) is 10.5. The summed E-state index contributed by atoms with van der Waals surface area (Å²) in [6.45, 7) is 2.23. The summed E-state index contributed by atoms with van der Waals surface area (Å²) in [5, 5.41) is 7.64. The molecule has 7 rings (SSSR count). The maximum absolute atomic E-state index is 4.89. The molecular formula is C38H30IN. The summed E-state index contributed by atoms with van der Waals surface area (Å²) in [6, 6.07) is 44.5. The number of nitrogens with zero attached hydrogens (tertiary/aromatic N) is 1. The van der Waals surface area contributed by atoms with Crippen LogP contribution in [0.1, 0.15) is 5.56 Å². The van der Waals surface area contributed by atoms with Crippen molar-refractivity contribution >= 4 is 52.1 Å². The standard InChI is InChI=1S/C38H30IN/c1-25-13-4-6-16-27(25)32-23-33-34(24-35(32)39(2)3)37(29-20-12-15-26-14-5-7-17-28(26)29)30-18-8-9-19-31(30)38(33)36-21-10-11-22-40-36/h4-24H,1-3H3. The van der Waals surface area contributed by atoms with Gasteiger partial charge in [-0.05, 0) is 0 Å². The van der Waals surface area contributed by atoms with E-state index in [-0.39, 0.29) is 0 Å². The van der Waals surface area contributed by atoms with Crippen LogP contribution < -0.4 is 0 Å². The first kappa shape index (κ1) is 25.0. The van der Waals surface area contributed by atoms with Crippen LogP contribution in [-0.2, 0) is 0 Å². The Balaban J connectivity index is 1.73. The Hall–Kier alpha value is -4.02. The first-order chi connectivity index (χ1) is 19.6. The van der Waals surface area contributed by atoms with Crippen molar-refractivity contribution in [2.75, 3.05) is 9.86 Å². The molecule has 0 aliphatic carbocycles. The molecular weight excluding hydrogens is 597 g/mol. The Morgan fingerprint density at radius 3 is 1.88 bits per heavy atom. The molecule has 0 aliphatic heterocycles. The Labute approximate surface area is 242 Å². The number of alkyl halides is 2. The summed E-state index contributed by atoms with van der Waals surface area (Å²) in [7, 11) is 0. The third kappa shape index (κ3) is 4.10. The van der Waals surface area contributed by atoms with E-state index in [1.54, 1.807) is 0 Å². The van der Waals surface area contributed by atoms with Gasteiger partial charge < -0.3 is 0 Å². The van der Waals surface area contributed by atoms with E-state index in [0.29, 0.717) is 0 Å². The van der Waals surface area contributed by atoms with Crippen LogP contribution in [0.25, 0.3) is 65.8 Å². The summed E-state index contributed by atoms with van der Waals surface area (Å²) in [4.78, 5) is 9.82. The van der Waals surface area contributed by atoms with Gasteiger partial charge in [0.15, 0.2) is 0 Å². The molecule has 0 saturated heterocycles. The molecule has 40 heavy (non-hydrogen) atoms. The molecule has 6 aromatic carbocycles. The Kier molecular flexibility index (Phi) is 6.36. The fraction of sp³-hybridized carbons (Fsp3) is 0.0789. The van der Waals surface area contributed by atoms with Crippen molar-refractivity contribution < 1.29 is 0 Å². The van der Waals surface area contributed by atoms with Gasteiger partial charge in [0.25, 0.3) is 0 Å². The average molecular weight is 628 g/mol. The van der Waals surface area contributed by atoms with Crippen LogP contribution in [0, 0.1) is 10.5 Å². The quantitative estimate of drug-likeness (QED) is 0.108. The normalized spacial score (nSPS) is 11.8. The minimum absolute atomic E-state index is 1.01. The summed E-state index contributed by atoms with van der Waals surface area (Å²) < 4.78 is 1.52. The summed E-state index contributed by atoms with van der Waals surface area (Å²) in [5.41, 5.74) is 8.85. The van der Waals surface area contributed by atoms with Gasteiger partial charge in [-0.15, -0.1) is 0 Å². The molecule has 0 aliphatic rings. The van der Waals surface area contributed by atoms with Crippen molar-refractivity contribution in [3.63, 3.8) is 0 Å². The molecule has 0 spiro atoms. The van der Waals surface area contributed by atoms with Gasteiger partial charge in [0.2, 0.25) is 0 Å². The van der Waals surface area contributed by atoms with E-state index >= 15 is 0 Å². The number of aryl methyl sites for hydroxylation is 1. The number of halogens is 1. The monoisotopic (exact) mass is 627 g/mol. The van der Waals surface area contributed by atoms with Crippen molar-refractivity contribution in [3.05, 3.63) is 137 Å². The SMILES string of the molecule is Cc1ccccc1-c1cc2c(-c3ccccn3)c3ccccc3c(-c3cccc4ccccc34)c2cc1I(C)C. The number of benzene rings is 6. The third-order valence-corrected chi connectivity index (χ3v) is 11.2. The molecule has 0 bridgehead atoms. The van der Waals surface area contributed by atoms with Gasteiger partial charge in [0, 0.05) is 0 Å². The average Bonchev–Trinajstić information content (AvgIpc) is 2.99. The molecule has 0 unspecified atom stereocenters. The van der Waals surface area contributed by atoms with Crippen molar-refractivity contribution in [3.8, 4) is 33.5 Å². The number of hydrogen-bond acceptors (Lipinski definition) is 1. The molecule has 0 radical (unpaired) electrons. The van der Waals surface area contributed by atoms with E-state index in [1.165, 1.54) is 69.3 Å². The number of fused-ring (bicyclic) bond motifs is 3. The molecule has 1 heterocycles. The number of aromatic nitrogens is 1. The molecule has 0 amide bonds. The maximum atomic E-state index is 4.89. The summed E-state index contributed by atoms with van der Waals surface area (Å²) >= 11 is -1.40. The zero-order chi connectivity index (χ0) is 27.2. The van der Waals surface area contributed by atoms with Gasteiger partial charge in [-0.2, -0.15) is 0 Å². The second-order valence-corrected chi connectivity index (χ2v) is 16.0. The van der Waals surface area contributed by atoms with Gasteiger partial charge in [0.1, 0.15) is 0 Å². The molecule has 7 aromatic rings. The van der Waals surface area contributed by atoms with E-state index in [0.717, 1.165) is 5.69 Å². The van der Waals surface area contributed by atoms with E-state index in [1.807, 2.05) is 12.3 Å². The molecule has 194 valence electrons. The number of pyridine rings is 1. The Morgan fingerprint density at radius 1 is 0.500 bits per heavy atom. The zero-order valence-electron chi connectivity index (χ0n) is 22.9.